The molecule has 1 aliphatic heterocycles. The van der Waals surface area contributed by atoms with E-state index in [2.05, 4.69) is 15.4 Å². The van der Waals surface area contributed by atoms with Crippen molar-refractivity contribution in [2.75, 3.05) is 12.1 Å². The minimum absolute atomic E-state index is 0.0683. The molecule has 0 saturated heterocycles. The first kappa shape index (κ1) is 24.1. The van der Waals surface area contributed by atoms with Gasteiger partial charge in [-0.25, -0.2) is 13.5 Å². The first-order valence-electron chi connectivity index (χ1n) is 11.9. The summed E-state index contributed by atoms with van der Waals surface area (Å²) >= 11 is 0. The molecule has 0 aliphatic carbocycles. The number of nitrogens with zero attached hydrogens (tertiary/aromatic N) is 3. The van der Waals surface area contributed by atoms with Gasteiger partial charge in [-0.1, -0.05) is 24.3 Å². The molecule has 1 amide bonds. The standard InChI is InChI=1S/C29H20F2N4O4/c30-21-7-4-18(5-8-21)16-37-29-33-27(19-2-1-3-22(31)14-19)35(34-29)24-11-9-23(10-12-24)32-28(36)20-6-13-25-26(15-20)39-17-38-25/h1-15H,16-17H2,(H,32,36). The molecule has 2 heterocycles. The van der Waals surface area contributed by atoms with Gasteiger partial charge in [-0.2, -0.15) is 4.98 Å². The van der Waals surface area contributed by atoms with Crippen LogP contribution >= 0.6 is 0 Å². The van der Waals surface area contributed by atoms with Crippen molar-refractivity contribution < 1.29 is 27.8 Å². The van der Waals surface area contributed by atoms with Gasteiger partial charge in [-0.05, 0) is 72.3 Å². The lowest BCUT2D eigenvalue weighted by Gasteiger charge is -2.09. The van der Waals surface area contributed by atoms with Crippen LogP contribution in [0, 0.1) is 11.6 Å². The molecule has 6 rings (SSSR count). The Morgan fingerprint density at radius 1 is 0.897 bits per heavy atom. The first-order chi connectivity index (χ1) is 19.0. The molecule has 1 aliphatic rings. The molecule has 0 spiro atoms. The fraction of sp³-hybridized carbons (Fsp3) is 0.0690. The maximum absolute atomic E-state index is 14.0. The predicted molar refractivity (Wildman–Crippen MR) is 138 cm³/mol. The molecule has 1 aromatic heterocycles. The van der Waals surface area contributed by atoms with Gasteiger partial charge in [0.05, 0.1) is 5.69 Å². The number of fused-ring (bicyclic) bond motifs is 1. The van der Waals surface area contributed by atoms with Gasteiger partial charge in [0.2, 0.25) is 6.79 Å². The zero-order valence-electron chi connectivity index (χ0n) is 20.3. The smallest absolute Gasteiger partial charge is 0.336 e. The Morgan fingerprint density at radius 3 is 2.49 bits per heavy atom. The van der Waals surface area contributed by atoms with Gasteiger partial charge in [0.1, 0.15) is 18.2 Å². The lowest BCUT2D eigenvalue weighted by molar-refractivity contribution is 0.102. The third-order valence-electron chi connectivity index (χ3n) is 5.96. The van der Waals surface area contributed by atoms with E-state index in [1.807, 2.05) is 0 Å². The van der Waals surface area contributed by atoms with Gasteiger partial charge in [-0.15, -0.1) is 5.10 Å². The molecule has 5 aromatic rings. The molecular weight excluding hydrogens is 506 g/mol. The molecular formula is C29H20F2N4O4. The minimum Gasteiger partial charge on any atom is -0.457 e. The molecule has 0 bridgehead atoms. The van der Waals surface area contributed by atoms with Gasteiger partial charge in [0.15, 0.2) is 17.3 Å². The van der Waals surface area contributed by atoms with Gasteiger partial charge >= 0.3 is 6.01 Å². The Hall–Kier alpha value is -5.25. The monoisotopic (exact) mass is 526 g/mol. The maximum Gasteiger partial charge on any atom is 0.336 e. The second-order valence-corrected chi connectivity index (χ2v) is 8.62. The highest BCUT2D eigenvalue weighted by molar-refractivity contribution is 6.04. The van der Waals surface area contributed by atoms with E-state index < -0.39 is 5.82 Å². The topological polar surface area (TPSA) is 87.5 Å². The Bertz CT molecular complexity index is 1650. The lowest BCUT2D eigenvalue weighted by atomic mass is 10.1. The van der Waals surface area contributed by atoms with Crippen molar-refractivity contribution in [1.82, 2.24) is 14.8 Å². The number of nitrogens with one attached hydrogen (secondary N) is 1. The number of hydrogen-bond acceptors (Lipinski definition) is 6. The third-order valence-corrected chi connectivity index (χ3v) is 5.96. The number of amides is 1. The summed E-state index contributed by atoms with van der Waals surface area (Å²) in [6.07, 6.45) is 0. The van der Waals surface area contributed by atoms with Gasteiger partial charge in [-0.3, -0.25) is 4.79 Å². The largest absolute Gasteiger partial charge is 0.457 e. The first-order valence-corrected chi connectivity index (χ1v) is 11.9. The van der Waals surface area contributed by atoms with E-state index in [-0.39, 0.29) is 31.1 Å². The average Bonchev–Trinajstić information content (AvgIpc) is 3.60. The summed E-state index contributed by atoms with van der Waals surface area (Å²) in [6, 6.07) is 23.9. The van der Waals surface area contributed by atoms with E-state index in [0.717, 1.165) is 5.56 Å². The van der Waals surface area contributed by atoms with Crippen LogP contribution in [0.4, 0.5) is 14.5 Å². The summed E-state index contributed by atoms with van der Waals surface area (Å²) in [7, 11) is 0. The van der Waals surface area contributed by atoms with Crippen LogP contribution in [0.1, 0.15) is 15.9 Å². The SMILES string of the molecule is O=C(Nc1ccc(-n2nc(OCc3ccc(F)cc3)nc2-c2cccc(F)c2)cc1)c1ccc2c(c1)OCO2. The number of ether oxygens (including phenoxy) is 3. The number of carbonyl (C=O) groups is 1. The van der Waals surface area contributed by atoms with E-state index in [4.69, 9.17) is 14.2 Å². The maximum atomic E-state index is 14.0. The van der Waals surface area contributed by atoms with Gasteiger partial charge in [0.25, 0.3) is 5.91 Å². The lowest BCUT2D eigenvalue weighted by Crippen LogP contribution is -2.11. The Morgan fingerprint density at radius 2 is 1.69 bits per heavy atom. The summed E-state index contributed by atoms with van der Waals surface area (Å²) in [5.41, 5.74) is 2.83. The van der Waals surface area contributed by atoms with E-state index >= 15 is 0 Å². The van der Waals surface area contributed by atoms with Crippen molar-refractivity contribution in [1.29, 1.82) is 0 Å². The molecule has 4 aromatic carbocycles. The molecule has 0 atom stereocenters. The number of halogens is 2. The number of rotatable bonds is 7. The van der Waals surface area contributed by atoms with Crippen molar-refractivity contribution in [2.45, 2.75) is 6.61 Å². The van der Waals surface area contributed by atoms with Crippen LogP contribution in [0.5, 0.6) is 17.5 Å². The van der Waals surface area contributed by atoms with E-state index in [0.29, 0.717) is 39.8 Å². The van der Waals surface area contributed by atoms with Crippen LogP contribution < -0.4 is 19.5 Å². The molecule has 1 N–H and O–H groups in total. The summed E-state index contributed by atoms with van der Waals surface area (Å²) < 4.78 is 45.1. The van der Waals surface area contributed by atoms with Crippen LogP contribution in [0.15, 0.2) is 91.0 Å². The van der Waals surface area contributed by atoms with Crippen LogP contribution in [-0.4, -0.2) is 27.5 Å². The van der Waals surface area contributed by atoms with Gasteiger partial charge < -0.3 is 19.5 Å². The Kier molecular flexibility index (Phi) is 6.34. The van der Waals surface area contributed by atoms with Gasteiger partial charge in [0, 0.05) is 16.8 Å². The van der Waals surface area contributed by atoms with Crippen molar-refractivity contribution in [2.24, 2.45) is 0 Å². The molecule has 39 heavy (non-hydrogen) atoms. The molecule has 0 saturated carbocycles. The third kappa shape index (κ3) is 5.26. The number of anilines is 1. The van der Waals surface area contributed by atoms with Crippen LogP contribution in [0.2, 0.25) is 0 Å². The van der Waals surface area contributed by atoms with E-state index in [1.54, 1.807) is 66.7 Å². The molecule has 8 nitrogen and oxygen atoms in total. The minimum atomic E-state index is -0.419. The van der Waals surface area contributed by atoms with Crippen LogP contribution in [-0.2, 0) is 6.61 Å². The quantitative estimate of drug-likeness (QED) is 0.290. The molecule has 194 valence electrons. The van der Waals surface area contributed by atoms with Crippen LogP contribution in [0.25, 0.3) is 17.1 Å². The second-order valence-electron chi connectivity index (χ2n) is 8.62. The fourth-order valence-electron chi connectivity index (χ4n) is 4.00. The van der Waals surface area contributed by atoms with Crippen molar-refractivity contribution in [3.05, 3.63) is 114 Å². The molecule has 0 fully saturated rings. The highest BCUT2D eigenvalue weighted by atomic mass is 19.1. The summed E-state index contributed by atoms with van der Waals surface area (Å²) in [6.45, 7) is 0.248. The highest BCUT2D eigenvalue weighted by Crippen LogP contribution is 2.33. The molecule has 0 radical (unpaired) electrons. The number of benzene rings is 4. The van der Waals surface area contributed by atoms with Crippen LogP contribution in [0.3, 0.4) is 0 Å². The molecule has 0 unspecified atom stereocenters. The number of hydrogen-bond donors (Lipinski definition) is 1. The summed E-state index contributed by atoms with van der Waals surface area (Å²) in [4.78, 5) is 17.2. The molecule has 10 heteroatoms. The van der Waals surface area contributed by atoms with Crippen molar-refractivity contribution >= 4 is 11.6 Å². The second kappa shape index (κ2) is 10.3. The fourth-order valence-corrected chi connectivity index (χ4v) is 4.00. The number of aromatic nitrogens is 3. The normalized spacial score (nSPS) is 11.8. The summed E-state index contributed by atoms with van der Waals surface area (Å²) in [5.74, 6) is 0.410. The Balaban J connectivity index is 1.24. The predicted octanol–water partition coefficient (Wildman–Crippen LogP) is 5.77. The average molecular weight is 526 g/mol. The highest BCUT2D eigenvalue weighted by Gasteiger charge is 2.18. The number of carbonyl (C=O) groups excluding carboxylic acids is 1. The Labute approximate surface area is 221 Å². The van der Waals surface area contributed by atoms with Crippen molar-refractivity contribution in [3.63, 3.8) is 0 Å². The zero-order chi connectivity index (χ0) is 26.8. The van der Waals surface area contributed by atoms with Crippen molar-refractivity contribution in [3.8, 4) is 34.6 Å². The summed E-state index contributed by atoms with van der Waals surface area (Å²) in [5, 5.41) is 7.31. The van der Waals surface area contributed by atoms with E-state index in [9.17, 15) is 13.6 Å². The zero-order valence-corrected chi connectivity index (χ0v) is 20.3. The van der Waals surface area contributed by atoms with E-state index in [1.165, 1.54) is 28.9 Å².